The molecule has 1 aliphatic heterocycles. The number of fused-ring (bicyclic) bond motifs is 1. The van der Waals surface area contributed by atoms with Crippen molar-refractivity contribution in [3.05, 3.63) is 52.8 Å². The molecule has 0 radical (unpaired) electrons. The molecule has 1 atom stereocenters. The molecular formula is C28H31F2N5O3. The summed E-state index contributed by atoms with van der Waals surface area (Å²) in [6, 6.07) is 8.98. The van der Waals surface area contributed by atoms with E-state index in [0.717, 1.165) is 33.3 Å². The van der Waals surface area contributed by atoms with Gasteiger partial charge in [-0.05, 0) is 55.5 Å². The van der Waals surface area contributed by atoms with Crippen LogP contribution in [0.1, 0.15) is 58.9 Å². The summed E-state index contributed by atoms with van der Waals surface area (Å²) in [4.78, 5) is 23.2. The lowest BCUT2D eigenvalue weighted by atomic mass is 9.59. The molecule has 0 unspecified atom stereocenters. The lowest BCUT2D eigenvalue weighted by molar-refractivity contribution is -0.186. The molecule has 200 valence electrons. The lowest BCUT2D eigenvalue weighted by Gasteiger charge is -2.55. The first-order valence-corrected chi connectivity index (χ1v) is 12.6. The molecule has 8 nitrogen and oxygen atoms in total. The highest BCUT2D eigenvalue weighted by Gasteiger charge is 2.58. The molecule has 2 aliphatic rings. The van der Waals surface area contributed by atoms with Crippen molar-refractivity contribution in [2.45, 2.75) is 51.1 Å². The van der Waals surface area contributed by atoms with Gasteiger partial charge in [0.2, 0.25) is 5.92 Å². The number of piperidine rings is 1. The zero-order valence-electron chi connectivity index (χ0n) is 21.7. The molecule has 2 aromatic heterocycles. The maximum Gasteiger partial charge on any atom is 0.354 e. The van der Waals surface area contributed by atoms with Crippen LogP contribution in [0.25, 0.3) is 10.9 Å². The van der Waals surface area contributed by atoms with Gasteiger partial charge >= 0.3 is 5.97 Å². The number of hydrogen-bond donors (Lipinski definition) is 2. The molecule has 1 saturated heterocycles. The Balaban J connectivity index is 1.59. The van der Waals surface area contributed by atoms with E-state index in [1.807, 2.05) is 25.3 Å². The predicted molar refractivity (Wildman–Crippen MR) is 139 cm³/mol. The van der Waals surface area contributed by atoms with Crippen molar-refractivity contribution in [1.29, 1.82) is 5.26 Å². The number of likely N-dealkylation sites (tertiary alicyclic amines) is 1. The number of H-pyrrole nitrogens is 1. The molecule has 3 heterocycles. The number of nitriles is 1. The van der Waals surface area contributed by atoms with Gasteiger partial charge in [-0.3, -0.25) is 4.90 Å². The summed E-state index contributed by atoms with van der Waals surface area (Å²) in [5.74, 6) is -2.69. The molecule has 1 aliphatic carbocycles. The van der Waals surface area contributed by atoms with Crippen molar-refractivity contribution in [1.82, 2.24) is 14.9 Å². The van der Waals surface area contributed by atoms with Crippen LogP contribution in [0.15, 0.2) is 30.5 Å². The average molecular weight is 524 g/mol. The summed E-state index contributed by atoms with van der Waals surface area (Å²) in [7, 11) is 3.33. The average Bonchev–Trinajstić information content (AvgIpc) is 3.36. The van der Waals surface area contributed by atoms with Gasteiger partial charge in [-0.2, -0.15) is 5.26 Å². The molecule has 0 bridgehead atoms. The minimum atomic E-state index is -2.66. The number of benzene rings is 1. The van der Waals surface area contributed by atoms with Crippen molar-refractivity contribution in [2.75, 3.05) is 32.1 Å². The number of carboxylic acid groups (broad SMARTS) is 1. The Morgan fingerprint density at radius 3 is 2.79 bits per heavy atom. The van der Waals surface area contributed by atoms with E-state index in [-0.39, 0.29) is 31.1 Å². The van der Waals surface area contributed by atoms with Crippen molar-refractivity contribution in [3.63, 3.8) is 0 Å². The Morgan fingerprint density at radius 1 is 1.37 bits per heavy atom. The van der Waals surface area contributed by atoms with Crippen LogP contribution in [0.5, 0.6) is 5.75 Å². The number of methoxy groups -OCH3 is 1. The van der Waals surface area contributed by atoms with Crippen LogP contribution in [0.4, 0.5) is 14.6 Å². The topological polar surface area (TPSA) is 105 Å². The van der Waals surface area contributed by atoms with E-state index in [1.165, 1.54) is 6.07 Å². The number of ether oxygens (including phenoxy) is 1. The minimum Gasteiger partial charge on any atom is -0.496 e. The normalized spacial score (nSPS) is 20.2. The van der Waals surface area contributed by atoms with Gasteiger partial charge in [-0.25, -0.2) is 18.6 Å². The van der Waals surface area contributed by atoms with Crippen molar-refractivity contribution in [3.8, 4) is 11.8 Å². The van der Waals surface area contributed by atoms with Crippen molar-refractivity contribution in [2.24, 2.45) is 5.41 Å². The number of anilines is 1. The van der Waals surface area contributed by atoms with E-state index < -0.39 is 17.3 Å². The van der Waals surface area contributed by atoms with Gasteiger partial charge in [0.25, 0.3) is 0 Å². The lowest BCUT2D eigenvalue weighted by Crippen LogP contribution is -2.53. The maximum absolute atomic E-state index is 14.1. The zero-order chi connectivity index (χ0) is 27.2. The standard InChI is InChI=1S/C28H31F2N5O3/c1-17-12-23(38-3)20(18-6-9-32-24(17)18)14-35-10-7-27(15-28(29,30)16-27)13-22(35)19-4-5-21(26(36)37)33-25(19)34(2)11-8-31/h4-6,9,12,22,32H,7,10-11,13-16H2,1-3H3,(H,36,37)/t22-/m1/s1. The van der Waals surface area contributed by atoms with Crippen LogP contribution in [0.3, 0.4) is 0 Å². The molecular weight excluding hydrogens is 492 g/mol. The summed E-state index contributed by atoms with van der Waals surface area (Å²) in [5, 5.41) is 19.9. The van der Waals surface area contributed by atoms with E-state index in [1.54, 1.807) is 25.1 Å². The highest BCUT2D eigenvalue weighted by atomic mass is 19.3. The van der Waals surface area contributed by atoms with Crippen molar-refractivity contribution < 1.29 is 23.4 Å². The minimum absolute atomic E-state index is 0.00869. The van der Waals surface area contributed by atoms with Crippen LogP contribution in [0, 0.1) is 23.7 Å². The molecule has 38 heavy (non-hydrogen) atoms. The molecule has 2 N–H and O–H groups in total. The summed E-state index contributed by atoms with van der Waals surface area (Å²) in [6.45, 7) is 3.12. The molecule has 1 spiro atoms. The van der Waals surface area contributed by atoms with Gasteiger partial charge in [-0.1, -0.05) is 6.07 Å². The zero-order valence-corrected chi connectivity index (χ0v) is 21.7. The van der Waals surface area contributed by atoms with Crippen LogP contribution >= 0.6 is 0 Å². The molecule has 0 amide bonds. The second-order valence-electron chi connectivity index (χ2n) is 10.7. The van der Waals surface area contributed by atoms with Gasteiger partial charge in [-0.15, -0.1) is 0 Å². The molecule has 3 aromatic rings. The Bertz CT molecular complexity index is 1420. The first-order valence-electron chi connectivity index (χ1n) is 12.6. The van der Waals surface area contributed by atoms with E-state index >= 15 is 0 Å². The molecule has 5 rings (SSSR count). The first kappa shape index (κ1) is 25.9. The third-order valence-electron chi connectivity index (χ3n) is 8.11. The number of nitrogens with one attached hydrogen (secondary N) is 1. The third kappa shape index (κ3) is 4.56. The second-order valence-corrected chi connectivity index (χ2v) is 10.7. The van der Waals surface area contributed by atoms with E-state index in [9.17, 15) is 23.9 Å². The number of aromatic amines is 1. The fraction of sp³-hybridized carbons (Fsp3) is 0.464. The fourth-order valence-electron chi connectivity index (χ4n) is 6.35. The monoisotopic (exact) mass is 523 g/mol. The van der Waals surface area contributed by atoms with Gasteiger partial charge in [0, 0.05) is 60.7 Å². The number of nitrogens with zero attached hydrogens (tertiary/aromatic N) is 4. The molecule has 1 saturated carbocycles. The summed E-state index contributed by atoms with van der Waals surface area (Å²) in [6.07, 6.45) is 2.74. The number of hydrogen-bond acceptors (Lipinski definition) is 6. The second kappa shape index (κ2) is 9.55. The third-order valence-corrected chi connectivity index (χ3v) is 8.11. The van der Waals surface area contributed by atoms with Crippen LogP contribution in [0.2, 0.25) is 0 Å². The highest BCUT2D eigenvalue weighted by Crippen LogP contribution is 2.61. The van der Waals surface area contributed by atoms with Crippen LogP contribution < -0.4 is 9.64 Å². The summed E-state index contributed by atoms with van der Waals surface area (Å²) >= 11 is 0. The number of halogens is 2. The van der Waals surface area contributed by atoms with Gasteiger partial charge in [0.05, 0.1) is 13.2 Å². The van der Waals surface area contributed by atoms with Crippen LogP contribution in [-0.2, 0) is 6.54 Å². The van der Waals surface area contributed by atoms with Gasteiger partial charge in [0.1, 0.15) is 18.1 Å². The quantitative estimate of drug-likeness (QED) is 0.406. The summed E-state index contributed by atoms with van der Waals surface area (Å²) < 4.78 is 34.0. The Kier molecular flexibility index (Phi) is 6.51. The van der Waals surface area contributed by atoms with Crippen LogP contribution in [-0.4, -0.2) is 59.1 Å². The van der Waals surface area contributed by atoms with E-state index in [2.05, 4.69) is 20.9 Å². The smallest absolute Gasteiger partial charge is 0.354 e. The SMILES string of the molecule is COc1cc(C)c2[nH]ccc2c1CN1CCC2(C[C@@H]1c1ccc(C(=O)O)nc1N(C)CC#N)CC(F)(F)C2. The van der Waals surface area contributed by atoms with Gasteiger partial charge in [0.15, 0.2) is 5.69 Å². The number of rotatable bonds is 7. The number of aromatic nitrogens is 2. The number of pyridine rings is 1. The number of aryl methyl sites for hydroxylation is 1. The Labute approximate surface area is 219 Å². The molecule has 1 aromatic carbocycles. The predicted octanol–water partition coefficient (Wildman–Crippen LogP) is 5.29. The Hall–Kier alpha value is -3.71. The fourth-order valence-corrected chi connectivity index (χ4v) is 6.35. The Morgan fingerprint density at radius 2 is 2.13 bits per heavy atom. The molecule has 10 heteroatoms. The highest BCUT2D eigenvalue weighted by molar-refractivity contribution is 5.88. The van der Waals surface area contributed by atoms with E-state index in [0.29, 0.717) is 31.7 Å². The number of aromatic carboxylic acids is 1. The maximum atomic E-state index is 14.1. The van der Waals surface area contributed by atoms with Gasteiger partial charge < -0.3 is 19.7 Å². The molecule has 2 fully saturated rings. The van der Waals surface area contributed by atoms with E-state index in [4.69, 9.17) is 4.74 Å². The number of carboxylic acids is 1. The number of carbonyl (C=O) groups is 1. The summed E-state index contributed by atoms with van der Waals surface area (Å²) in [5.41, 5.74) is 3.20. The first-order chi connectivity index (χ1) is 18.1. The largest absolute Gasteiger partial charge is 0.496 e. The van der Waals surface area contributed by atoms with Crippen molar-refractivity contribution >= 4 is 22.7 Å². The number of alkyl halides is 2.